The van der Waals surface area contributed by atoms with Crippen molar-refractivity contribution >= 4 is 21.8 Å². The molecule has 2 heterocycles. The summed E-state index contributed by atoms with van der Waals surface area (Å²) in [7, 11) is 0. The summed E-state index contributed by atoms with van der Waals surface area (Å²) in [5.41, 5.74) is 9.09. The van der Waals surface area contributed by atoms with E-state index in [4.69, 9.17) is 5.73 Å². The molecule has 1 aromatic heterocycles. The van der Waals surface area contributed by atoms with Gasteiger partial charge in [0.05, 0.1) is 17.9 Å². The van der Waals surface area contributed by atoms with E-state index in [1.807, 2.05) is 65.7 Å². The number of benzene rings is 2. The Kier molecular flexibility index (Phi) is 5.09. The lowest BCUT2D eigenvalue weighted by Crippen LogP contribution is -2.38. The van der Waals surface area contributed by atoms with E-state index in [9.17, 15) is 4.79 Å². The second kappa shape index (κ2) is 7.66. The van der Waals surface area contributed by atoms with E-state index in [0.29, 0.717) is 6.54 Å². The molecule has 2 aromatic carbocycles. The summed E-state index contributed by atoms with van der Waals surface area (Å²) in [6.07, 6.45) is 3.67. The Morgan fingerprint density at radius 2 is 1.93 bits per heavy atom. The third-order valence-electron chi connectivity index (χ3n) is 5.03. The number of nitrogens with two attached hydrogens (primary N) is 1. The van der Waals surface area contributed by atoms with Gasteiger partial charge in [-0.2, -0.15) is 0 Å². The Balaban J connectivity index is 1.55. The fraction of sp³-hybridized carbons (Fsp3) is 0.238. The maximum absolute atomic E-state index is 13.0. The SMILES string of the molecule is N[C@@H](C(=O)N1CCC[C@H]1c1ncc(-c2ccc(Br)cc2)[nH]1)c1ccccc1. The average molecular weight is 425 g/mol. The van der Waals surface area contributed by atoms with Crippen LogP contribution >= 0.6 is 15.9 Å². The summed E-state index contributed by atoms with van der Waals surface area (Å²) in [5, 5.41) is 0. The number of nitrogens with zero attached hydrogens (tertiary/aromatic N) is 2. The van der Waals surface area contributed by atoms with Gasteiger partial charge in [-0.15, -0.1) is 0 Å². The van der Waals surface area contributed by atoms with Crippen LogP contribution in [-0.2, 0) is 4.79 Å². The smallest absolute Gasteiger partial charge is 0.244 e. The Hall–Kier alpha value is -2.44. The number of hydrogen-bond acceptors (Lipinski definition) is 3. The van der Waals surface area contributed by atoms with Gasteiger partial charge in [0.1, 0.15) is 11.9 Å². The number of hydrogen-bond donors (Lipinski definition) is 2. The lowest BCUT2D eigenvalue weighted by molar-refractivity contribution is -0.133. The third-order valence-corrected chi connectivity index (χ3v) is 5.56. The molecule has 0 saturated carbocycles. The third kappa shape index (κ3) is 3.68. The van der Waals surface area contributed by atoms with Crippen LogP contribution in [0, 0.1) is 0 Å². The fourth-order valence-corrected chi connectivity index (χ4v) is 3.84. The summed E-state index contributed by atoms with van der Waals surface area (Å²) in [5.74, 6) is 0.768. The van der Waals surface area contributed by atoms with Crippen molar-refractivity contribution in [3.63, 3.8) is 0 Å². The van der Waals surface area contributed by atoms with Gasteiger partial charge in [0, 0.05) is 11.0 Å². The van der Waals surface area contributed by atoms with E-state index in [2.05, 4.69) is 25.9 Å². The number of carbonyl (C=O) groups is 1. The molecule has 5 nitrogen and oxygen atoms in total. The maximum atomic E-state index is 13.0. The van der Waals surface area contributed by atoms with Crippen molar-refractivity contribution in [2.24, 2.45) is 5.73 Å². The predicted molar refractivity (Wildman–Crippen MR) is 109 cm³/mol. The molecule has 0 aliphatic carbocycles. The summed E-state index contributed by atoms with van der Waals surface area (Å²) in [6.45, 7) is 0.707. The molecule has 1 aliphatic rings. The topological polar surface area (TPSA) is 75.0 Å². The van der Waals surface area contributed by atoms with Crippen molar-refractivity contribution in [1.29, 1.82) is 0 Å². The average Bonchev–Trinajstić information content (AvgIpc) is 3.37. The first kappa shape index (κ1) is 17.9. The Bertz CT molecular complexity index is 923. The Morgan fingerprint density at radius 3 is 2.67 bits per heavy atom. The zero-order valence-electron chi connectivity index (χ0n) is 14.8. The highest BCUT2D eigenvalue weighted by Gasteiger charge is 2.34. The van der Waals surface area contributed by atoms with E-state index in [-0.39, 0.29) is 11.9 Å². The second-order valence-corrected chi connectivity index (χ2v) is 7.68. The lowest BCUT2D eigenvalue weighted by Gasteiger charge is -2.26. The van der Waals surface area contributed by atoms with Gasteiger partial charge in [-0.1, -0.05) is 58.4 Å². The number of halogens is 1. The van der Waals surface area contributed by atoms with Crippen LogP contribution in [0.2, 0.25) is 0 Å². The summed E-state index contributed by atoms with van der Waals surface area (Å²) < 4.78 is 1.04. The lowest BCUT2D eigenvalue weighted by atomic mass is 10.1. The van der Waals surface area contributed by atoms with Crippen molar-refractivity contribution in [2.45, 2.75) is 24.9 Å². The normalized spacial score (nSPS) is 17.9. The van der Waals surface area contributed by atoms with Crippen LogP contribution in [0.4, 0.5) is 0 Å². The highest BCUT2D eigenvalue weighted by Crippen LogP contribution is 2.33. The predicted octanol–water partition coefficient (Wildman–Crippen LogP) is 4.20. The monoisotopic (exact) mass is 424 g/mol. The molecular formula is C21H21BrN4O. The van der Waals surface area contributed by atoms with E-state index in [0.717, 1.165) is 40.0 Å². The van der Waals surface area contributed by atoms with Gasteiger partial charge in [0.15, 0.2) is 0 Å². The molecule has 1 aliphatic heterocycles. The molecule has 138 valence electrons. The number of rotatable bonds is 4. The van der Waals surface area contributed by atoms with Crippen LogP contribution in [0.15, 0.2) is 65.3 Å². The summed E-state index contributed by atoms with van der Waals surface area (Å²) in [4.78, 5) is 22.8. The molecule has 0 bridgehead atoms. The van der Waals surface area contributed by atoms with E-state index < -0.39 is 6.04 Å². The van der Waals surface area contributed by atoms with Gasteiger partial charge in [-0.3, -0.25) is 4.79 Å². The number of aromatic nitrogens is 2. The van der Waals surface area contributed by atoms with Gasteiger partial charge in [0.25, 0.3) is 0 Å². The van der Waals surface area contributed by atoms with Gasteiger partial charge in [0.2, 0.25) is 5.91 Å². The molecule has 27 heavy (non-hydrogen) atoms. The zero-order chi connectivity index (χ0) is 18.8. The second-order valence-electron chi connectivity index (χ2n) is 6.77. The number of nitrogens with one attached hydrogen (secondary N) is 1. The first-order valence-corrected chi connectivity index (χ1v) is 9.84. The number of likely N-dealkylation sites (tertiary alicyclic amines) is 1. The number of carbonyl (C=O) groups excluding carboxylic acids is 1. The summed E-state index contributed by atoms with van der Waals surface area (Å²) in [6, 6.07) is 16.9. The number of aromatic amines is 1. The minimum Gasteiger partial charge on any atom is -0.340 e. The van der Waals surface area contributed by atoms with Crippen LogP contribution in [0.1, 0.15) is 36.3 Å². The van der Waals surface area contributed by atoms with Crippen LogP contribution in [0.25, 0.3) is 11.3 Å². The van der Waals surface area contributed by atoms with E-state index in [1.54, 1.807) is 0 Å². The molecule has 3 aromatic rings. The van der Waals surface area contributed by atoms with Crippen molar-refractivity contribution < 1.29 is 4.79 Å². The first-order chi connectivity index (χ1) is 13.1. The van der Waals surface area contributed by atoms with Crippen LogP contribution < -0.4 is 5.73 Å². The molecule has 2 atom stereocenters. The van der Waals surface area contributed by atoms with Crippen LogP contribution in [-0.4, -0.2) is 27.3 Å². The van der Waals surface area contributed by atoms with Gasteiger partial charge < -0.3 is 15.6 Å². The molecule has 1 saturated heterocycles. The molecule has 3 N–H and O–H groups in total. The van der Waals surface area contributed by atoms with Crippen molar-refractivity contribution in [2.75, 3.05) is 6.54 Å². The van der Waals surface area contributed by atoms with Crippen molar-refractivity contribution in [3.8, 4) is 11.3 Å². The van der Waals surface area contributed by atoms with Gasteiger partial charge in [-0.05, 0) is 36.1 Å². The minimum absolute atomic E-state index is 0.0507. The standard InChI is InChI=1S/C21H21BrN4O/c22-16-10-8-14(9-11-16)17-13-24-20(25-17)18-7-4-12-26(18)21(27)19(23)15-5-2-1-3-6-15/h1-3,5-6,8-11,13,18-19H,4,7,12,23H2,(H,24,25)/t18-,19+/m0/s1. The minimum atomic E-state index is -0.646. The molecule has 4 rings (SSSR count). The highest BCUT2D eigenvalue weighted by atomic mass is 79.9. The summed E-state index contributed by atoms with van der Waals surface area (Å²) >= 11 is 3.45. The number of imidazole rings is 1. The number of amides is 1. The Morgan fingerprint density at radius 1 is 1.19 bits per heavy atom. The van der Waals surface area contributed by atoms with Crippen LogP contribution in [0.3, 0.4) is 0 Å². The van der Waals surface area contributed by atoms with Crippen molar-refractivity contribution in [3.05, 3.63) is 76.7 Å². The fourth-order valence-electron chi connectivity index (χ4n) is 3.58. The molecule has 0 spiro atoms. The molecule has 1 fully saturated rings. The maximum Gasteiger partial charge on any atom is 0.244 e. The van der Waals surface area contributed by atoms with Crippen LogP contribution in [0.5, 0.6) is 0 Å². The van der Waals surface area contributed by atoms with Gasteiger partial charge in [-0.25, -0.2) is 4.98 Å². The Labute approximate surface area is 166 Å². The molecule has 6 heteroatoms. The quantitative estimate of drug-likeness (QED) is 0.658. The largest absolute Gasteiger partial charge is 0.340 e. The molecule has 0 unspecified atom stereocenters. The molecular weight excluding hydrogens is 404 g/mol. The molecule has 0 radical (unpaired) electrons. The zero-order valence-corrected chi connectivity index (χ0v) is 16.4. The molecule has 1 amide bonds. The van der Waals surface area contributed by atoms with Gasteiger partial charge >= 0.3 is 0 Å². The van der Waals surface area contributed by atoms with E-state index in [1.165, 1.54) is 0 Å². The number of H-pyrrole nitrogens is 1. The van der Waals surface area contributed by atoms with E-state index >= 15 is 0 Å². The first-order valence-electron chi connectivity index (χ1n) is 9.05. The van der Waals surface area contributed by atoms with Crippen molar-refractivity contribution in [1.82, 2.24) is 14.9 Å². The highest BCUT2D eigenvalue weighted by molar-refractivity contribution is 9.10.